The van der Waals surface area contributed by atoms with Crippen molar-refractivity contribution in [3.8, 4) is 5.75 Å². The second-order valence-corrected chi connectivity index (χ2v) is 4.69. The highest BCUT2D eigenvalue weighted by molar-refractivity contribution is 5.81. The largest absolute Gasteiger partial charge is 0.508 e. The van der Waals surface area contributed by atoms with E-state index in [-0.39, 0.29) is 29.8 Å². The van der Waals surface area contributed by atoms with Crippen LogP contribution in [0.4, 0.5) is 0 Å². The molecule has 1 N–H and O–H groups in total. The van der Waals surface area contributed by atoms with E-state index in [4.69, 9.17) is 9.15 Å². The first-order valence-corrected chi connectivity index (χ1v) is 6.43. The average molecular weight is 276 g/mol. The molecule has 0 saturated carbocycles. The minimum atomic E-state index is -0.544. The van der Waals surface area contributed by atoms with E-state index in [9.17, 15) is 14.7 Å². The lowest BCUT2D eigenvalue weighted by atomic mass is 10.1. The Hall–Kier alpha value is -2.30. The molecule has 0 unspecified atom stereocenters. The Morgan fingerprint density at radius 1 is 1.40 bits per heavy atom. The number of phenolic OH excluding ortho intramolecular Hbond substituents is 1. The van der Waals surface area contributed by atoms with Crippen molar-refractivity contribution in [3.05, 3.63) is 40.2 Å². The molecule has 2 aromatic rings. The lowest BCUT2D eigenvalue weighted by Gasteiger charge is -2.10. The Morgan fingerprint density at radius 2 is 2.15 bits per heavy atom. The monoisotopic (exact) mass is 276 g/mol. The number of ether oxygens (including phenoxy) is 1. The van der Waals surface area contributed by atoms with E-state index in [1.54, 1.807) is 13.0 Å². The van der Waals surface area contributed by atoms with Gasteiger partial charge in [-0.1, -0.05) is 13.8 Å². The number of aromatic hydroxyl groups is 1. The SMILES string of the molecule is CC[C@H](C)C(=O)OCc1cc(=O)oc2cc(O)ccc12. The van der Waals surface area contributed by atoms with E-state index in [0.717, 1.165) is 0 Å². The normalized spacial score (nSPS) is 12.3. The summed E-state index contributed by atoms with van der Waals surface area (Å²) >= 11 is 0. The van der Waals surface area contributed by atoms with Gasteiger partial charge in [0.15, 0.2) is 0 Å². The summed E-state index contributed by atoms with van der Waals surface area (Å²) in [6.07, 6.45) is 0.699. The zero-order valence-corrected chi connectivity index (χ0v) is 11.4. The number of benzene rings is 1. The van der Waals surface area contributed by atoms with E-state index >= 15 is 0 Å². The Morgan fingerprint density at radius 3 is 2.85 bits per heavy atom. The van der Waals surface area contributed by atoms with Crippen LogP contribution in [0.5, 0.6) is 5.75 Å². The summed E-state index contributed by atoms with van der Waals surface area (Å²) in [5.74, 6) is -0.465. The van der Waals surface area contributed by atoms with Crippen LogP contribution in [0, 0.1) is 5.92 Å². The van der Waals surface area contributed by atoms with E-state index in [1.807, 2.05) is 6.92 Å². The van der Waals surface area contributed by atoms with Crippen LogP contribution in [-0.2, 0) is 16.1 Å². The van der Waals surface area contributed by atoms with Gasteiger partial charge in [0.2, 0.25) is 0 Å². The van der Waals surface area contributed by atoms with Gasteiger partial charge in [-0.3, -0.25) is 4.79 Å². The number of carbonyl (C=O) groups excluding carboxylic acids is 1. The predicted molar refractivity (Wildman–Crippen MR) is 73.4 cm³/mol. The molecule has 0 saturated heterocycles. The number of carbonyl (C=O) groups is 1. The highest BCUT2D eigenvalue weighted by Gasteiger charge is 2.13. The van der Waals surface area contributed by atoms with Crippen molar-refractivity contribution < 1.29 is 19.1 Å². The number of rotatable bonds is 4. The first kappa shape index (κ1) is 14.1. The molecule has 0 aliphatic carbocycles. The van der Waals surface area contributed by atoms with E-state index < -0.39 is 5.63 Å². The third kappa shape index (κ3) is 2.99. The van der Waals surface area contributed by atoms with Crippen molar-refractivity contribution in [3.63, 3.8) is 0 Å². The number of hydrogen-bond acceptors (Lipinski definition) is 5. The zero-order valence-electron chi connectivity index (χ0n) is 11.4. The van der Waals surface area contributed by atoms with Gasteiger partial charge in [-0.25, -0.2) is 4.79 Å². The lowest BCUT2D eigenvalue weighted by molar-refractivity contribution is -0.149. The number of phenols is 1. The molecule has 106 valence electrons. The predicted octanol–water partition coefficient (Wildman–Crippen LogP) is 2.59. The first-order chi connectivity index (χ1) is 9.51. The minimum absolute atomic E-state index is 0.00870. The Bertz CT molecular complexity index is 686. The molecule has 0 radical (unpaired) electrons. The summed E-state index contributed by atoms with van der Waals surface area (Å²) in [6, 6.07) is 5.77. The third-order valence-corrected chi connectivity index (χ3v) is 3.20. The molecule has 0 aliphatic rings. The summed E-state index contributed by atoms with van der Waals surface area (Å²) in [4.78, 5) is 23.1. The van der Waals surface area contributed by atoms with Crippen molar-refractivity contribution in [2.75, 3.05) is 0 Å². The molecule has 0 fully saturated rings. The van der Waals surface area contributed by atoms with Crippen LogP contribution in [0.15, 0.2) is 33.5 Å². The summed E-state index contributed by atoms with van der Waals surface area (Å²) in [5.41, 5.74) is 0.290. The smallest absolute Gasteiger partial charge is 0.336 e. The zero-order chi connectivity index (χ0) is 14.7. The fraction of sp³-hybridized carbons (Fsp3) is 0.333. The topological polar surface area (TPSA) is 76.7 Å². The standard InChI is InChI=1S/C15H16O5/c1-3-9(2)15(18)19-8-10-6-14(17)20-13-7-11(16)4-5-12(10)13/h4-7,9,16H,3,8H2,1-2H3/t9-/m0/s1. The summed E-state index contributed by atoms with van der Waals surface area (Å²) in [6.45, 7) is 3.70. The minimum Gasteiger partial charge on any atom is -0.508 e. The van der Waals surface area contributed by atoms with Crippen LogP contribution < -0.4 is 5.63 Å². The fourth-order valence-electron chi connectivity index (χ4n) is 1.80. The first-order valence-electron chi connectivity index (χ1n) is 6.43. The molecular weight excluding hydrogens is 260 g/mol. The van der Waals surface area contributed by atoms with Gasteiger partial charge in [0.25, 0.3) is 0 Å². The van der Waals surface area contributed by atoms with Crippen LogP contribution in [0.1, 0.15) is 25.8 Å². The highest BCUT2D eigenvalue weighted by atomic mass is 16.5. The summed E-state index contributed by atoms with van der Waals surface area (Å²) in [7, 11) is 0. The Balaban J connectivity index is 2.30. The molecule has 1 aromatic carbocycles. The lowest BCUT2D eigenvalue weighted by Crippen LogP contribution is -2.14. The molecule has 0 aliphatic heterocycles. The van der Waals surface area contributed by atoms with Gasteiger partial charge < -0.3 is 14.3 Å². The molecule has 1 heterocycles. The average Bonchev–Trinajstić information content (AvgIpc) is 2.42. The second kappa shape index (κ2) is 5.77. The van der Waals surface area contributed by atoms with Gasteiger partial charge in [-0.2, -0.15) is 0 Å². The van der Waals surface area contributed by atoms with Crippen molar-refractivity contribution in [2.24, 2.45) is 5.92 Å². The van der Waals surface area contributed by atoms with Gasteiger partial charge in [-0.15, -0.1) is 0 Å². The molecule has 1 atom stereocenters. The van der Waals surface area contributed by atoms with Crippen molar-refractivity contribution in [1.82, 2.24) is 0 Å². The van der Waals surface area contributed by atoms with Gasteiger partial charge in [0.1, 0.15) is 17.9 Å². The maximum Gasteiger partial charge on any atom is 0.336 e. The van der Waals surface area contributed by atoms with Gasteiger partial charge in [0, 0.05) is 23.1 Å². The Kier molecular flexibility index (Phi) is 4.08. The van der Waals surface area contributed by atoms with Gasteiger partial charge >= 0.3 is 11.6 Å². The molecule has 5 heteroatoms. The van der Waals surface area contributed by atoms with Crippen molar-refractivity contribution >= 4 is 16.9 Å². The van der Waals surface area contributed by atoms with Gasteiger partial charge in [-0.05, 0) is 18.6 Å². The summed E-state index contributed by atoms with van der Waals surface area (Å²) < 4.78 is 10.2. The van der Waals surface area contributed by atoms with Crippen LogP contribution in [0.3, 0.4) is 0 Å². The second-order valence-electron chi connectivity index (χ2n) is 4.69. The van der Waals surface area contributed by atoms with Crippen LogP contribution in [-0.4, -0.2) is 11.1 Å². The van der Waals surface area contributed by atoms with Crippen LogP contribution in [0.25, 0.3) is 11.0 Å². The van der Waals surface area contributed by atoms with E-state index in [2.05, 4.69) is 0 Å². The molecule has 5 nitrogen and oxygen atoms in total. The number of hydrogen-bond donors (Lipinski definition) is 1. The molecule has 0 spiro atoms. The third-order valence-electron chi connectivity index (χ3n) is 3.20. The molecule has 0 amide bonds. The van der Waals surface area contributed by atoms with Crippen molar-refractivity contribution in [1.29, 1.82) is 0 Å². The maximum atomic E-state index is 11.7. The van der Waals surface area contributed by atoms with E-state index in [0.29, 0.717) is 17.4 Å². The quantitative estimate of drug-likeness (QED) is 0.686. The van der Waals surface area contributed by atoms with E-state index in [1.165, 1.54) is 18.2 Å². The maximum absolute atomic E-state index is 11.7. The van der Waals surface area contributed by atoms with Crippen molar-refractivity contribution in [2.45, 2.75) is 26.9 Å². The molecule has 20 heavy (non-hydrogen) atoms. The summed E-state index contributed by atoms with van der Waals surface area (Å²) in [5, 5.41) is 10.0. The van der Waals surface area contributed by atoms with Crippen LogP contribution in [0.2, 0.25) is 0 Å². The molecule has 2 rings (SSSR count). The highest BCUT2D eigenvalue weighted by Crippen LogP contribution is 2.22. The number of esters is 1. The Labute approximate surface area is 115 Å². The fourth-order valence-corrected chi connectivity index (χ4v) is 1.80. The molecule has 1 aromatic heterocycles. The molecule has 0 bridgehead atoms. The van der Waals surface area contributed by atoms with Gasteiger partial charge in [0.05, 0.1) is 5.92 Å². The molecular formula is C15H16O5. The van der Waals surface area contributed by atoms with Crippen LogP contribution >= 0.6 is 0 Å². The number of fused-ring (bicyclic) bond motifs is 1.